The van der Waals surface area contributed by atoms with Crippen LogP contribution in [0.25, 0.3) is 0 Å². The molecule has 128 valence electrons. The van der Waals surface area contributed by atoms with Crippen molar-refractivity contribution >= 4 is 15.9 Å². The van der Waals surface area contributed by atoms with E-state index >= 15 is 0 Å². The van der Waals surface area contributed by atoms with Crippen molar-refractivity contribution in [3.8, 4) is 5.75 Å². The van der Waals surface area contributed by atoms with E-state index in [1.807, 2.05) is 31.2 Å². The number of ether oxygens (including phenoxy) is 1. The zero-order chi connectivity index (χ0) is 16.9. The van der Waals surface area contributed by atoms with Gasteiger partial charge in [0.05, 0.1) is 19.3 Å². The highest BCUT2D eigenvalue weighted by Gasteiger charge is 2.25. The fourth-order valence-electron chi connectivity index (χ4n) is 2.73. The van der Waals surface area contributed by atoms with Crippen molar-refractivity contribution in [2.24, 2.45) is 0 Å². The number of aryl methyl sites for hydroxylation is 1. The summed E-state index contributed by atoms with van der Waals surface area (Å²) in [5, 5.41) is 0. The van der Waals surface area contributed by atoms with Gasteiger partial charge < -0.3 is 9.64 Å². The predicted octanol–water partition coefficient (Wildman–Crippen LogP) is 1.30. The fraction of sp³-hybridized carbons (Fsp3) is 0.562. The number of nitrogens with one attached hydrogen (secondary N) is 1. The number of sulfonamides is 1. The Morgan fingerprint density at radius 3 is 2.83 bits per heavy atom. The van der Waals surface area contributed by atoms with E-state index in [0.29, 0.717) is 26.1 Å². The standard InChI is InChI=1S/C16H24N2O4S/c1-13-6-3-4-8-15(13)22-11-9-16(19)18-10-5-7-14(12-18)17-23(2,20)21/h3-4,6,8,14,17H,5,7,9-12H2,1-2H3/t14-/m0/s1. The van der Waals surface area contributed by atoms with Crippen molar-refractivity contribution in [1.29, 1.82) is 0 Å². The highest BCUT2D eigenvalue weighted by Crippen LogP contribution is 2.17. The molecule has 0 spiro atoms. The zero-order valence-electron chi connectivity index (χ0n) is 13.6. The largest absolute Gasteiger partial charge is 0.493 e. The summed E-state index contributed by atoms with van der Waals surface area (Å²) in [5.41, 5.74) is 1.04. The number of rotatable bonds is 6. The molecule has 1 fully saturated rings. The molecule has 1 saturated heterocycles. The highest BCUT2D eigenvalue weighted by molar-refractivity contribution is 7.88. The van der Waals surface area contributed by atoms with E-state index < -0.39 is 10.0 Å². The monoisotopic (exact) mass is 340 g/mol. The molecular weight excluding hydrogens is 316 g/mol. The lowest BCUT2D eigenvalue weighted by atomic mass is 10.1. The Balaban J connectivity index is 1.80. The number of para-hydroxylation sites is 1. The van der Waals surface area contributed by atoms with Crippen molar-refractivity contribution in [2.45, 2.75) is 32.2 Å². The molecule has 1 atom stereocenters. The van der Waals surface area contributed by atoms with Gasteiger partial charge in [0.2, 0.25) is 15.9 Å². The summed E-state index contributed by atoms with van der Waals surface area (Å²) in [6, 6.07) is 7.49. The smallest absolute Gasteiger partial charge is 0.226 e. The van der Waals surface area contributed by atoms with Crippen LogP contribution in [0.1, 0.15) is 24.8 Å². The van der Waals surface area contributed by atoms with E-state index in [4.69, 9.17) is 4.74 Å². The summed E-state index contributed by atoms with van der Waals surface area (Å²) in [6.07, 6.45) is 3.00. The quantitative estimate of drug-likeness (QED) is 0.847. The van der Waals surface area contributed by atoms with Gasteiger partial charge in [0.1, 0.15) is 5.75 Å². The SMILES string of the molecule is Cc1ccccc1OCCC(=O)N1CCC[C@H](NS(C)(=O)=O)C1. The maximum absolute atomic E-state index is 12.3. The second kappa shape index (κ2) is 7.79. The van der Waals surface area contributed by atoms with Crippen molar-refractivity contribution < 1.29 is 17.9 Å². The van der Waals surface area contributed by atoms with Crippen LogP contribution in [0.4, 0.5) is 0 Å². The number of hydrogen-bond donors (Lipinski definition) is 1. The molecule has 1 aromatic rings. The third-order valence-electron chi connectivity index (χ3n) is 3.82. The minimum absolute atomic E-state index is 0.00131. The normalized spacial score (nSPS) is 18.7. The molecule has 0 aliphatic carbocycles. The van der Waals surface area contributed by atoms with Crippen LogP contribution in [-0.4, -0.2) is 51.2 Å². The van der Waals surface area contributed by atoms with E-state index in [0.717, 1.165) is 30.4 Å². The molecular formula is C16H24N2O4S. The van der Waals surface area contributed by atoms with E-state index in [9.17, 15) is 13.2 Å². The van der Waals surface area contributed by atoms with Crippen molar-refractivity contribution in [3.63, 3.8) is 0 Å². The first kappa shape index (κ1) is 17.7. The van der Waals surface area contributed by atoms with Gasteiger partial charge in [-0.05, 0) is 31.4 Å². The number of likely N-dealkylation sites (tertiary alicyclic amines) is 1. The number of nitrogens with zero attached hydrogens (tertiary/aromatic N) is 1. The lowest BCUT2D eigenvalue weighted by Gasteiger charge is -2.32. The lowest BCUT2D eigenvalue weighted by Crippen LogP contribution is -2.49. The molecule has 0 unspecified atom stereocenters. The summed E-state index contributed by atoms with van der Waals surface area (Å²) >= 11 is 0. The van der Waals surface area contributed by atoms with Crippen LogP contribution in [0.3, 0.4) is 0 Å². The first-order valence-electron chi connectivity index (χ1n) is 7.78. The predicted molar refractivity (Wildman–Crippen MR) is 88.9 cm³/mol. The molecule has 6 nitrogen and oxygen atoms in total. The summed E-state index contributed by atoms with van der Waals surface area (Å²) in [6.45, 7) is 3.38. The Morgan fingerprint density at radius 2 is 2.13 bits per heavy atom. The molecule has 7 heteroatoms. The average Bonchev–Trinajstić information content (AvgIpc) is 2.47. The number of benzene rings is 1. The molecule has 0 saturated carbocycles. The second-order valence-corrected chi connectivity index (χ2v) is 7.71. The molecule has 1 heterocycles. The Labute approximate surface area is 137 Å². The van der Waals surface area contributed by atoms with Crippen LogP contribution in [0.5, 0.6) is 5.75 Å². The van der Waals surface area contributed by atoms with Gasteiger partial charge in [-0.15, -0.1) is 0 Å². The van der Waals surface area contributed by atoms with E-state index in [1.165, 1.54) is 0 Å². The number of carbonyl (C=O) groups excluding carboxylic acids is 1. The van der Waals surface area contributed by atoms with Gasteiger partial charge in [-0.2, -0.15) is 0 Å². The number of carbonyl (C=O) groups is 1. The second-order valence-electron chi connectivity index (χ2n) is 5.93. The van der Waals surface area contributed by atoms with Gasteiger partial charge in [-0.1, -0.05) is 18.2 Å². The van der Waals surface area contributed by atoms with E-state index in [-0.39, 0.29) is 11.9 Å². The maximum atomic E-state index is 12.3. The van der Waals surface area contributed by atoms with Gasteiger partial charge in [-0.3, -0.25) is 4.79 Å². The summed E-state index contributed by atoms with van der Waals surface area (Å²) in [7, 11) is -3.24. The Morgan fingerprint density at radius 1 is 1.39 bits per heavy atom. The van der Waals surface area contributed by atoms with Gasteiger partial charge in [0, 0.05) is 19.1 Å². The van der Waals surface area contributed by atoms with Crippen LogP contribution in [0.15, 0.2) is 24.3 Å². The third-order valence-corrected chi connectivity index (χ3v) is 4.58. The summed E-state index contributed by atoms with van der Waals surface area (Å²) < 4.78 is 30.8. The molecule has 23 heavy (non-hydrogen) atoms. The molecule has 1 N–H and O–H groups in total. The van der Waals surface area contributed by atoms with Gasteiger partial charge in [0.25, 0.3) is 0 Å². The zero-order valence-corrected chi connectivity index (χ0v) is 14.4. The molecule has 0 radical (unpaired) electrons. The molecule has 1 aromatic carbocycles. The Kier molecular flexibility index (Phi) is 6.01. The first-order valence-corrected chi connectivity index (χ1v) is 9.68. The number of piperidine rings is 1. The topological polar surface area (TPSA) is 75.7 Å². The Bertz CT molecular complexity index is 645. The minimum Gasteiger partial charge on any atom is -0.493 e. The van der Waals surface area contributed by atoms with Crippen LogP contribution >= 0.6 is 0 Å². The Hall–Kier alpha value is -1.60. The summed E-state index contributed by atoms with van der Waals surface area (Å²) in [5.74, 6) is 0.786. The van der Waals surface area contributed by atoms with Crippen molar-refractivity contribution in [3.05, 3.63) is 29.8 Å². The van der Waals surface area contributed by atoms with Gasteiger partial charge in [0.15, 0.2) is 0 Å². The molecule has 0 aromatic heterocycles. The average molecular weight is 340 g/mol. The molecule has 0 bridgehead atoms. The van der Waals surface area contributed by atoms with Crippen LogP contribution in [-0.2, 0) is 14.8 Å². The first-order chi connectivity index (χ1) is 10.8. The van der Waals surface area contributed by atoms with Crippen LogP contribution in [0, 0.1) is 6.92 Å². The molecule has 2 rings (SSSR count). The van der Waals surface area contributed by atoms with Gasteiger partial charge >= 0.3 is 0 Å². The molecule has 1 amide bonds. The number of hydrogen-bond acceptors (Lipinski definition) is 4. The minimum atomic E-state index is -3.24. The van der Waals surface area contributed by atoms with Crippen LogP contribution in [0.2, 0.25) is 0 Å². The number of amides is 1. The van der Waals surface area contributed by atoms with E-state index in [1.54, 1.807) is 4.90 Å². The highest BCUT2D eigenvalue weighted by atomic mass is 32.2. The third kappa shape index (κ3) is 5.84. The fourth-order valence-corrected chi connectivity index (χ4v) is 3.53. The van der Waals surface area contributed by atoms with Crippen molar-refractivity contribution in [2.75, 3.05) is 26.0 Å². The van der Waals surface area contributed by atoms with E-state index in [2.05, 4.69) is 4.72 Å². The van der Waals surface area contributed by atoms with Crippen molar-refractivity contribution in [1.82, 2.24) is 9.62 Å². The lowest BCUT2D eigenvalue weighted by molar-refractivity contribution is -0.133. The molecule has 1 aliphatic heterocycles. The van der Waals surface area contributed by atoms with Crippen LogP contribution < -0.4 is 9.46 Å². The van der Waals surface area contributed by atoms with Gasteiger partial charge in [-0.25, -0.2) is 13.1 Å². The maximum Gasteiger partial charge on any atom is 0.226 e. The summed E-state index contributed by atoms with van der Waals surface area (Å²) in [4.78, 5) is 14.0. The molecule has 1 aliphatic rings.